The van der Waals surface area contributed by atoms with E-state index in [9.17, 15) is 28.0 Å². The van der Waals surface area contributed by atoms with E-state index in [-0.39, 0.29) is 12.5 Å². The average Bonchev–Trinajstić information content (AvgIpc) is 3.11. The average molecular weight is 485 g/mol. The van der Waals surface area contributed by atoms with Crippen LogP contribution in [0.1, 0.15) is 23.5 Å². The first kappa shape index (κ1) is 22.8. The number of alkyl halides is 2. The third-order valence-electron chi connectivity index (χ3n) is 6.74. The third kappa shape index (κ3) is 3.86. The highest BCUT2D eigenvalue weighted by molar-refractivity contribution is 5.95. The van der Waals surface area contributed by atoms with Crippen LogP contribution in [0.4, 0.5) is 13.6 Å². The molecule has 2 aromatic carbocycles. The number of carbonyl (C=O) groups excluding carboxylic acids is 3. The summed E-state index contributed by atoms with van der Waals surface area (Å²) < 4.78 is 33.9. The van der Waals surface area contributed by atoms with Gasteiger partial charge in [0, 0.05) is 12.5 Å². The van der Waals surface area contributed by atoms with Crippen LogP contribution >= 0.6 is 0 Å². The number of rotatable bonds is 6. The van der Waals surface area contributed by atoms with Crippen LogP contribution in [0.2, 0.25) is 0 Å². The quantitative estimate of drug-likeness (QED) is 0.576. The van der Waals surface area contributed by atoms with Gasteiger partial charge in [-0.3, -0.25) is 15.0 Å². The van der Waals surface area contributed by atoms with E-state index in [0.29, 0.717) is 5.01 Å². The van der Waals surface area contributed by atoms with Crippen LogP contribution in [0.3, 0.4) is 0 Å². The van der Waals surface area contributed by atoms with Crippen molar-refractivity contribution in [3.05, 3.63) is 59.7 Å². The molecule has 1 saturated carbocycles. The highest BCUT2D eigenvalue weighted by atomic mass is 19.3. The summed E-state index contributed by atoms with van der Waals surface area (Å²) in [4.78, 5) is 47.5. The molecule has 3 N–H and O–H groups in total. The van der Waals surface area contributed by atoms with E-state index in [1.807, 2.05) is 54.0 Å². The molecule has 1 aliphatic heterocycles. The first-order valence-electron chi connectivity index (χ1n) is 11.0. The van der Waals surface area contributed by atoms with Gasteiger partial charge in [0.1, 0.15) is 12.5 Å². The Kier molecular flexibility index (Phi) is 5.42. The number of amides is 3. The number of hydrogen-bond donors (Lipinski definition) is 3. The predicted octanol–water partition coefficient (Wildman–Crippen LogP) is 2.12. The molecule has 1 saturated heterocycles. The Morgan fingerprint density at radius 1 is 1.09 bits per heavy atom. The summed E-state index contributed by atoms with van der Waals surface area (Å²) in [6.07, 6.45) is -1.42. The number of alkyl carbamates (subject to hydrolysis) is 1. The van der Waals surface area contributed by atoms with E-state index in [1.165, 1.54) is 0 Å². The van der Waals surface area contributed by atoms with Crippen LogP contribution in [-0.2, 0) is 19.1 Å². The van der Waals surface area contributed by atoms with Crippen molar-refractivity contribution < 1.29 is 37.8 Å². The number of ether oxygens (including phenoxy) is 1. The van der Waals surface area contributed by atoms with Crippen LogP contribution in [0.25, 0.3) is 11.1 Å². The fraction of sp³-hybridized carbons (Fsp3) is 0.333. The topological polar surface area (TPSA) is 125 Å². The fourth-order valence-electron chi connectivity index (χ4n) is 4.90. The number of hydrogen-bond acceptors (Lipinski definition) is 5. The zero-order chi connectivity index (χ0) is 24.9. The van der Waals surface area contributed by atoms with Gasteiger partial charge >= 0.3 is 12.1 Å². The lowest BCUT2D eigenvalue weighted by molar-refractivity contribution is -0.152. The predicted molar refractivity (Wildman–Crippen MR) is 116 cm³/mol. The molecule has 9 nitrogen and oxygen atoms in total. The minimum Gasteiger partial charge on any atom is -0.480 e. The van der Waals surface area contributed by atoms with Crippen molar-refractivity contribution in [2.45, 2.75) is 24.3 Å². The van der Waals surface area contributed by atoms with Crippen LogP contribution in [0.15, 0.2) is 48.5 Å². The zero-order valence-corrected chi connectivity index (χ0v) is 18.2. The number of carbonyl (C=O) groups is 4. The van der Waals surface area contributed by atoms with Gasteiger partial charge in [-0.05, 0) is 22.3 Å². The van der Waals surface area contributed by atoms with E-state index in [0.717, 1.165) is 22.3 Å². The van der Waals surface area contributed by atoms with Crippen molar-refractivity contribution in [2.24, 2.45) is 11.8 Å². The summed E-state index contributed by atoms with van der Waals surface area (Å²) in [6, 6.07) is 13.9. The van der Waals surface area contributed by atoms with Gasteiger partial charge in [-0.1, -0.05) is 48.5 Å². The number of carboxylic acid groups (broad SMARTS) is 1. The van der Waals surface area contributed by atoms with Crippen molar-refractivity contribution in [1.82, 2.24) is 15.8 Å². The standard InChI is InChI=1S/C24H21F2N3O6/c25-24(26)17(20(24)21(31)29-18(22(32)33)9-19(30)28-29)10-27-23(34)35-11-16-14-7-3-1-5-12(14)13-6-2-4-8-15(13)16/h1-8,16-18,20H,9-11H2,(H,27,34)(H,28,30)(H,32,33). The Morgan fingerprint density at radius 2 is 1.69 bits per heavy atom. The number of benzene rings is 2. The molecule has 1 heterocycles. The van der Waals surface area contributed by atoms with E-state index >= 15 is 0 Å². The summed E-state index contributed by atoms with van der Waals surface area (Å²) in [6.45, 7) is -0.539. The molecule has 11 heteroatoms. The second kappa shape index (κ2) is 8.33. The number of hydrazine groups is 1. The second-order valence-electron chi connectivity index (χ2n) is 8.77. The molecule has 2 aliphatic carbocycles. The van der Waals surface area contributed by atoms with Crippen molar-refractivity contribution in [1.29, 1.82) is 0 Å². The van der Waals surface area contributed by atoms with Crippen molar-refractivity contribution in [3.63, 3.8) is 0 Å². The van der Waals surface area contributed by atoms with Gasteiger partial charge in [0.15, 0.2) is 6.04 Å². The molecular formula is C24H21F2N3O6. The molecule has 0 aromatic heterocycles. The third-order valence-corrected chi connectivity index (χ3v) is 6.74. The second-order valence-corrected chi connectivity index (χ2v) is 8.77. The molecule has 5 rings (SSSR count). The summed E-state index contributed by atoms with van der Waals surface area (Å²) in [5.74, 6) is -10.5. The Balaban J connectivity index is 1.18. The molecule has 2 aromatic rings. The number of nitrogens with zero attached hydrogens (tertiary/aromatic N) is 1. The molecular weight excluding hydrogens is 464 g/mol. The smallest absolute Gasteiger partial charge is 0.407 e. The first-order valence-corrected chi connectivity index (χ1v) is 11.0. The number of aliphatic carboxylic acids is 1. The summed E-state index contributed by atoms with van der Waals surface area (Å²) >= 11 is 0. The van der Waals surface area contributed by atoms with Crippen LogP contribution in [-0.4, -0.2) is 59.1 Å². The van der Waals surface area contributed by atoms with Crippen LogP contribution < -0.4 is 10.7 Å². The molecule has 3 atom stereocenters. The fourth-order valence-corrected chi connectivity index (χ4v) is 4.90. The molecule has 35 heavy (non-hydrogen) atoms. The minimum atomic E-state index is -3.45. The molecule has 182 valence electrons. The largest absolute Gasteiger partial charge is 0.480 e. The van der Waals surface area contributed by atoms with E-state index in [4.69, 9.17) is 9.84 Å². The summed E-state index contributed by atoms with van der Waals surface area (Å²) in [7, 11) is 0. The number of fused-ring (bicyclic) bond motifs is 3. The summed E-state index contributed by atoms with van der Waals surface area (Å²) in [5.41, 5.74) is 6.11. The van der Waals surface area contributed by atoms with Gasteiger partial charge in [-0.15, -0.1) is 0 Å². The first-order chi connectivity index (χ1) is 16.7. The minimum absolute atomic E-state index is 0.00335. The number of carboxylic acids is 1. The maximum atomic E-state index is 14.3. The molecule has 0 bridgehead atoms. The van der Waals surface area contributed by atoms with Gasteiger partial charge < -0.3 is 15.2 Å². The van der Waals surface area contributed by atoms with Gasteiger partial charge in [0.05, 0.1) is 12.3 Å². The molecule has 0 radical (unpaired) electrons. The lowest BCUT2D eigenvalue weighted by Crippen LogP contribution is -2.48. The molecule has 0 spiro atoms. The van der Waals surface area contributed by atoms with E-state index < -0.39 is 60.6 Å². The van der Waals surface area contributed by atoms with Gasteiger partial charge in [-0.25, -0.2) is 23.4 Å². The maximum absolute atomic E-state index is 14.3. The lowest BCUT2D eigenvalue weighted by atomic mass is 9.98. The van der Waals surface area contributed by atoms with Crippen molar-refractivity contribution >= 4 is 23.9 Å². The van der Waals surface area contributed by atoms with Crippen molar-refractivity contribution in [3.8, 4) is 11.1 Å². The van der Waals surface area contributed by atoms with Gasteiger partial charge in [-0.2, -0.15) is 0 Å². The zero-order valence-electron chi connectivity index (χ0n) is 18.2. The Bertz CT molecular complexity index is 1190. The molecule has 3 amide bonds. The Hall–Kier alpha value is -4.02. The SMILES string of the molecule is O=C1CC(C(=O)O)N(C(=O)C2C(CNC(=O)OCC3c4ccccc4-c4ccccc43)C2(F)F)N1. The Morgan fingerprint density at radius 3 is 2.29 bits per heavy atom. The monoisotopic (exact) mass is 485 g/mol. The van der Waals surface area contributed by atoms with Crippen LogP contribution in [0.5, 0.6) is 0 Å². The Labute approximate surface area is 198 Å². The molecule has 3 aliphatic rings. The normalized spacial score (nSPS) is 23.8. The van der Waals surface area contributed by atoms with E-state index in [2.05, 4.69) is 5.32 Å². The molecule has 3 unspecified atom stereocenters. The number of nitrogens with one attached hydrogen (secondary N) is 2. The highest BCUT2D eigenvalue weighted by Crippen LogP contribution is 2.56. The maximum Gasteiger partial charge on any atom is 0.407 e. The molecule has 2 fully saturated rings. The highest BCUT2D eigenvalue weighted by Gasteiger charge is 2.73. The van der Waals surface area contributed by atoms with Gasteiger partial charge in [0.2, 0.25) is 5.91 Å². The van der Waals surface area contributed by atoms with E-state index in [1.54, 1.807) is 0 Å². The number of halogens is 2. The lowest BCUT2D eigenvalue weighted by Gasteiger charge is -2.20. The van der Waals surface area contributed by atoms with Crippen LogP contribution in [0, 0.1) is 11.8 Å². The van der Waals surface area contributed by atoms with Gasteiger partial charge in [0.25, 0.3) is 11.8 Å². The van der Waals surface area contributed by atoms with Crippen molar-refractivity contribution in [2.75, 3.05) is 13.2 Å². The summed E-state index contributed by atoms with van der Waals surface area (Å²) in [5, 5.41) is 11.9.